The highest BCUT2D eigenvalue weighted by atomic mass is 79.9. The predicted molar refractivity (Wildman–Crippen MR) is 116 cm³/mol. The Morgan fingerprint density at radius 3 is 2.30 bits per heavy atom. The van der Waals surface area contributed by atoms with Gasteiger partial charge in [0, 0.05) is 21.2 Å². The fourth-order valence-electron chi connectivity index (χ4n) is 2.29. The molecule has 3 aromatic rings. The number of rotatable bonds is 5. The van der Waals surface area contributed by atoms with Gasteiger partial charge in [0.2, 0.25) is 0 Å². The quantitative estimate of drug-likeness (QED) is 0.481. The van der Waals surface area contributed by atoms with E-state index in [0.717, 1.165) is 27.3 Å². The van der Waals surface area contributed by atoms with Gasteiger partial charge in [0.25, 0.3) is 5.91 Å². The van der Waals surface area contributed by atoms with E-state index < -0.39 is 0 Å². The minimum absolute atomic E-state index is 0.0726. The first-order valence-corrected chi connectivity index (χ1v) is 10.1. The van der Waals surface area contributed by atoms with E-state index in [1.165, 1.54) is 0 Å². The first-order valence-electron chi connectivity index (χ1n) is 8.03. The number of nitrogens with zero attached hydrogens (tertiary/aromatic N) is 2. The van der Waals surface area contributed by atoms with Crippen LogP contribution in [0.4, 0.5) is 11.4 Å². The number of anilines is 2. The number of aromatic nitrogens is 2. The van der Waals surface area contributed by atoms with Gasteiger partial charge in [-0.3, -0.25) is 4.79 Å². The third kappa shape index (κ3) is 5.56. The molecule has 2 aromatic carbocycles. The first kappa shape index (κ1) is 19.4. The van der Waals surface area contributed by atoms with Crippen LogP contribution < -0.4 is 16.0 Å². The number of halogens is 1. The largest absolute Gasteiger partial charge is 0.356 e. The van der Waals surface area contributed by atoms with Crippen LogP contribution in [0.1, 0.15) is 29.0 Å². The lowest BCUT2D eigenvalue weighted by molar-refractivity contribution is 0.102. The number of thiocarbonyl (C=S) groups is 1. The highest BCUT2D eigenvalue weighted by Gasteiger charge is 2.10. The first-order chi connectivity index (χ1) is 13.0. The summed E-state index contributed by atoms with van der Waals surface area (Å²) in [6.45, 7) is 2.04. The Bertz CT molecular complexity index is 914. The van der Waals surface area contributed by atoms with E-state index in [1.807, 2.05) is 43.3 Å². The van der Waals surface area contributed by atoms with Crippen LogP contribution >= 0.6 is 39.7 Å². The Morgan fingerprint density at radius 1 is 1.07 bits per heavy atom. The third-order valence-corrected chi connectivity index (χ3v) is 4.96. The van der Waals surface area contributed by atoms with E-state index in [1.54, 1.807) is 17.5 Å². The molecule has 1 atom stereocenters. The lowest BCUT2D eigenvalue weighted by Crippen LogP contribution is -2.30. The van der Waals surface area contributed by atoms with E-state index >= 15 is 0 Å². The maximum Gasteiger partial charge on any atom is 0.277 e. The molecule has 0 aliphatic rings. The molecule has 0 aliphatic carbocycles. The number of hydrogen-bond acceptors (Lipinski definition) is 5. The minimum Gasteiger partial charge on any atom is -0.356 e. The summed E-state index contributed by atoms with van der Waals surface area (Å²) in [5, 5.41) is 15.0. The molecule has 9 heteroatoms. The molecule has 1 aromatic heterocycles. The van der Waals surface area contributed by atoms with Crippen molar-refractivity contribution in [2.45, 2.75) is 13.0 Å². The topological polar surface area (TPSA) is 78.9 Å². The Labute approximate surface area is 174 Å². The van der Waals surface area contributed by atoms with E-state index in [0.29, 0.717) is 16.5 Å². The second-order valence-electron chi connectivity index (χ2n) is 5.69. The third-order valence-electron chi connectivity index (χ3n) is 3.71. The second kappa shape index (κ2) is 9.03. The summed E-state index contributed by atoms with van der Waals surface area (Å²) in [6.07, 6.45) is 0. The van der Waals surface area contributed by atoms with Crippen LogP contribution in [0, 0.1) is 0 Å². The normalized spacial score (nSPS) is 11.5. The molecule has 3 rings (SSSR count). The number of carbonyl (C=O) groups excluding carboxylic acids is 1. The van der Waals surface area contributed by atoms with Gasteiger partial charge in [0.1, 0.15) is 0 Å². The maximum absolute atomic E-state index is 12.0. The summed E-state index contributed by atoms with van der Waals surface area (Å²) in [6, 6.07) is 15.4. The smallest absolute Gasteiger partial charge is 0.277 e. The molecule has 27 heavy (non-hydrogen) atoms. The van der Waals surface area contributed by atoms with E-state index in [2.05, 4.69) is 41.5 Å². The molecule has 0 spiro atoms. The zero-order valence-electron chi connectivity index (χ0n) is 14.3. The number of hydrogen-bond donors (Lipinski definition) is 3. The Morgan fingerprint density at radius 2 is 1.70 bits per heavy atom. The maximum atomic E-state index is 12.0. The monoisotopic (exact) mass is 461 g/mol. The molecule has 0 radical (unpaired) electrons. The van der Waals surface area contributed by atoms with Gasteiger partial charge in [-0.2, -0.15) is 0 Å². The van der Waals surface area contributed by atoms with Crippen LogP contribution in [-0.4, -0.2) is 20.6 Å². The number of benzene rings is 2. The second-order valence-corrected chi connectivity index (χ2v) is 7.63. The van der Waals surface area contributed by atoms with E-state index in [4.69, 9.17) is 12.2 Å². The molecule has 3 N–H and O–H groups in total. The van der Waals surface area contributed by atoms with Crippen molar-refractivity contribution in [2.24, 2.45) is 0 Å². The molecule has 0 bridgehead atoms. The van der Waals surface area contributed by atoms with Gasteiger partial charge in [0.15, 0.2) is 10.8 Å². The summed E-state index contributed by atoms with van der Waals surface area (Å²) in [5.41, 5.74) is 2.93. The van der Waals surface area contributed by atoms with Gasteiger partial charge in [-0.1, -0.05) is 32.6 Å². The molecular weight excluding hydrogens is 446 g/mol. The van der Waals surface area contributed by atoms with Crippen LogP contribution in [0.5, 0.6) is 0 Å². The SMILES string of the molecule is C[C@@H](NC(=S)Nc1ccc(NC(=O)c2csnn2)cc1)c1ccc(Br)cc1. The highest BCUT2D eigenvalue weighted by molar-refractivity contribution is 9.10. The van der Waals surface area contributed by atoms with Gasteiger partial charge in [0.05, 0.1) is 6.04 Å². The predicted octanol–water partition coefficient (Wildman–Crippen LogP) is 4.60. The molecule has 1 heterocycles. The molecule has 1 amide bonds. The number of amides is 1. The van der Waals surface area contributed by atoms with Crippen LogP contribution in [0.3, 0.4) is 0 Å². The minimum atomic E-state index is -0.287. The molecule has 6 nitrogen and oxygen atoms in total. The Hall–Kier alpha value is -2.36. The zero-order chi connectivity index (χ0) is 19.2. The molecular formula is C18H16BrN5OS2. The highest BCUT2D eigenvalue weighted by Crippen LogP contribution is 2.18. The van der Waals surface area contributed by atoms with Gasteiger partial charge >= 0.3 is 0 Å². The Balaban J connectivity index is 1.53. The molecule has 0 saturated heterocycles. The zero-order valence-corrected chi connectivity index (χ0v) is 17.5. The van der Waals surface area contributed by atoms with Crippen molar-refractivity contribution in [3.63, 3.8) is 0 Å². The van der Waals surface area contributed by atoms with Crippen molar-refractivity contribution in [2.75, 3.05) is 10.6 Å². The summed E-state index contributed by atoms with van der Waals surface area (Å²) in [4.78, 5) is 12.0. The van der Waals surface area contributed by atoms with E-state index in [-0.39, 0.29) is 11.9 Å². The molecule has 0 aliphatic heterocycles. The van der Waals surface area contributed by atoms with Crippen LogP contribution in [-0.2, 0) is 0 Å². The number of carbonyl (C=O) groups is 1. The lowest BCUT2D eigenvalue weighted by Gasteiger charge is -2.17. The average Bonchev–Trinajstić information content (AvgIpc) is 3.18. The van der Waals surface area contributed by atoms with Gasteiger partial charge in [-0.15, -0.1) is 5.10 Å². The summed E-state index contributed by atoms with van der Waals surface area (Å²) < 4.78 is 4.72. The summed E-state index contributed by atoms with van der Waals surface area (Å²) >= 11 is 9.95. The average molecular weight is 462 g/mol. The fraction of sp³-hybridized carbons (Fsp3) is 0.111. The van der Waals surface area contributed by atoms with Crippen molar-refractivity contribution >= 4 is 62.1 Å². The summed E-state index contributed by atoms with van der Waals surface area (Å²) in [7, 11) is 0. The Kier molecular flexibility index (Phi) is 6.49. The summed E-state index contributed by atoms with van der Waals surface area (Å²) in [5.74, 6) is -0.287. The molecule has 0 fully saturated rings. The van der Waals surface area contributed by atoms with Crippen molar-refractivity contribution in [3.8, 4) is 0 Å². The molecule has 0 saturated carbocycles. The van der Waals surface area contributed by atoms with Gasteiger partial charge in [-0.25, -0.2) is 0 Å². The van der Waals surface area contributed by atoms with Crippen LogP contribution in [0.15, 0.2) is 58.4 Å². The fourth-order valence-corrected chi connectivity index (χ4v) is 3.29. The van der Waals surface area contributed by atoms with Crippen molar-refractivity contribution < 1.29 is 4.79 Å². The van der Waals surface area contributed by atoms with E-state index in [9.17, 15) is 4.79 Å². The standard InChI is InChI=1S/C18H16BrN5OS2/c1-11(12-2-4-13(19)5-3-12)20-18(26)22-15-8-6-14(7-9-15)21-17(25)16-10-27-24-23-16/h2-11H,1H3,(H,21,25)(H2,20,22,26)/t11-/m1/s1. The lowest BCUT2D eigenvalue weighted by atomic mass is 10.1. The molecule has 138 valence electrons. The van der Waals surface area contributed by atoms with Crippen molar-refractivity contribution in [1.82, 2.24) is 14.9 Å². The van der Waals surface area contributed by atoms with Gasteiger partial charge in [-0.05, 0) is 72.6 Å². The number of nitrogens with one attached hydrogen (secondary N) is 3. The molecule has 0 unspecified atom stereocenters. The van der Waals surface area contributed by atoms with Crippen molar-refractivity contribution in [3.05, 3.63) is 69.6 Å². The van der Waals surface area contributed by atoms with Crippen LogP contribution in [0.2, 0.25) is 0 Å². The van der Waals surface area contributed by atoms with Crippen LogP contribution in [0.25, 0.3) is 0 Å². The van der Waals surface area contributed by atoms with Gasteiger partial charge < -0.3 is 16.0 Å². The van der Waals surface area contributed by atoms with Crippen molar-refractivity contribution in [1.29, 1.82) is 0 Å².